The molecule has 6 aromatic rings. The number of hydrogen-bond donors (Lipinski definition) is 1. The van der Waals surface area contributed by atoms with Gasteiger partial charge in [-0.2, -0.15) is 0 Å². The molecule has 1 unspecified atom stereocenters. The molecule has 6 aromatic carbocycles. The van der Waals surface area contributed by atoms with E-state index in [1.54, 1.807) is 0 Å². The van der Waals surface area contributed by atoms with Crippen molar-refractivity contribution in [3.63, 3.8) is 0 Å². The predicted octanol–water partition coefficient (Wildman–Crippen LogP) is 15.4. The van der Waals surface area contributed by atoms with Crippen LogP contribution < -0.4 is 5.32 Å². The zero-order valence-corrected chi connectivity index (χ0v) is 35.4. The van der Waals surface area contributed by atoms with Crippen molar-refractivity contribution in [1.82, 2.24) is 5.32 Å². The van der Waals surface area contributed by atoms with E-state index in [-0.39, 0.29) is 12.8 Å². The fraction of sp³-hybridized carbons (Fsp3) is 0.186. The first kappa shape index (κ1) is 43.1. The van der Waals surface area contributed by atoms with Gasteiger partial charge in [-0.15, -0.1) is 0 Å². The van der Waals surface area contributed by atoms with Crippen molar-refractivity contribution in [3.8, 4) is 11.1 Å². The summed E-state index contributed by atoms with van der Waals surface area (Å²) in [6.07, 6.45) is 18.8. The van der Waals surface area contributed by atoms with Crippen LogP contribution in [0.4, 0.5) is 0 Å². The second-order valence-electron chi connectivity index (χ2n) is 16.3. The van der Waals surface area contributed by atoms with E-state index in [1.807, 2.05) is 6.08 Å². The van der Waals surface area contributed by atoms with Gasteiger partial charge >= 0.3 is 0 Å². The highest BCUT2D eigenvalue weighted by Gasteiger charge is 2.37. The first-order chi connectivity index (χ1) is 28.8. The van der Waals surface area contributed by atoms with E-state index in [1.165, 1.54) is 83.5 Å². The standard InChI is InChI=1S/C36H37N.C22H20.CH4/c1-6-25(2)33(23-28-24-37-22-14-8-7-9-15-27-16-10-11-17-30(27)28)29-20-21-32-31-18-12-13-19-34(31)36(4,5)35(32)26(29)3;1-18-12-15-21(16-13-18)22(20-10-6-3-7-11-20)17-14-19-8-4-2-5-9-19;/h6-22,28,37H,1,23-24H2,2-5H3;2-13,15-17H,14H2,1H3;1H4/b8-7-,15-9-,22-14+,33-25+;22-17-;. The number of rotatable bonds is 8. The summed E-state index contributed by atoms with van der Waals surface area (Å²) < 4.78 is 0. The summed E-state index contributed by atoms with van der Waals surface area (Å²) >= 11 is 0. The smallest absolute Gasteiger partial charge is 0.0213 e. The highest BCUT2D eigenvalue weighted by molar-refractivity contribution is 5.86. The van der Waals surface area contributed by atoms with Gasteiger partial charge in [0.2, 0.25) is 0 Å². The van der Waals surface area contributed by atoms with Gasteiger partial charge in [0.25, 0.3) is 0 Å². The molecule has 1 aliphatic heterocycles. The van der Waals surface area contributed by atoms with Crippen LogP contribution in [0.3, 0.4) is 0 Å². The lowest BCUT2D eigenvalue weighted by Crippen LogP contribution is -2.19. The van der Waals surface area contributed by atoms with Crippen LogP contribution in [-0.2, 0) is 11.8 Å². The Morgan fingerprint density at radius 2 is 1.35 bits per heavy atom. The predicted molar refractivity (Wildman–Crippen MR) is 262 cm³/mol. The third-order valence-electron chi connectivity index (χ3n) is 12.0. The largest absolute Gasteiger partial charge is 0.390 e. The number of nitrogens with one attached hydrogen (secondary N) is 1. The average molecular weight is 784 g/mol. The molecule has 0 aromatic heterocycles. The number of allylic oxidation sites excluding steroid dienone is 8. The summed E-state index contributed by atoms with van der Waals surface area (Å²) in [5.41, 5.74) is 20.1. The molecule has 8 rings (SSSR count). The molecule has 0 saturated heterocycles. The van der Waals surface area contributed by atoms with Crippen LogP contribution in [0.15, 0.2) is 200 Å². The van der Waals surface area contributed by atoms with Gasteiger partial charge in [0.05, 0.1) is 0 Å². The van der Waals surface area contributed by atoms with Crippen molar-refractivity contribution < 1.29 is 0 Å². The van der Waals surface area contributed by atoms with Crippen molar-refractivity contribution in [2.75, 3.05) is 6.54 Å². The van der Waals surface area contributed by atoms with E-state index >= 15 is 0 Å². The molecule has 1 heterocycles. The Bertz CT molecular complexity index is 2540. The molecule has 0 fully saturated rings. The van der Waals surface area contributed by atoms with Crippen LogP contribution >= 0.6 is 0 Å². The molecule has 1 N–H and O–H groups in total. The van der Waals surface area contributed by atoms with Gasteiger partial charge in [-0.05, 0) is 124 Å². The maximum Gasteiger partial charge on any atom is 0.0213 e. The molecule has 302 valence electrons. The summed E-state index contributed by atoms with van der Waals surface area (Å²) in [6.45, 7) is 16.4. The van der Waals surface area contributed by atoms with Gasteiger partial charge in [0.1, 0.15) is 0 Å². The molecule has 1 heteroatoms. The van der Waals surface area contributed by atoms with E-state index in [0.29, 0.717) is 5.92 Å². The molecule has 1 aliphatic carbocycles. The monoisotopic (exact) mass is 783 g/mol. The SMILES string of the molecule is C.C=C/C(C)=C(\CC1CN/C=C/C=C\C=C/c2ccccc21)c1ccc2c(c1C)C(C)(C)c1ccccc1-2.Cc1ccc(/C(=C\Cc2ccccc2)c2ccccc2)cc1. The van der Waals surface area contributed by atoms with E-state index < -0.39 is 0 Å². The minimum atomic E-state index is -0.0232. The second kappa shape index (κ2) is 20.0. The lowest BCUT2D eigenvalue weighted by Gasteiger charge is -2.27. The van der Waals surface area contributed by atoms with Crippen molar-refractivity contribution in [1.29, 1.82) is 0 Å². The fourth-order valence-corrected chi connectivity index (χ4v) is 8.85. The minimum Gasteiger partial charge on any atom is -0.390 e. The zero-order valence-electron chi connectivity index (χ0n) is 35.4. The minimum absolute atomic E-state index is 0. The van der Waals surface area contributed by atoms with Gasteiger partial charge < -0.3 is 5.32 Å². The van der Waals surface area contributed by atoms with Crippen molar-refractivity contribution in [3.05, 3.63) is 256 Å². The van der Waals surface area contributed by atoms with Crippen molar-refractivity contribution in [2.24, 2.45) is 0 Å². The maximum absolute atomic E-state index is 4.18. The molecule has 0 bridgehead atoms. The van der Waals surface area contributed by atoms with E-state index in [0.717, 1.165) is 19.4 Å². The lowest BCUT2D eigenvalue weighted by molar-refractivity contribution is 0.651. The zero-order chi connectivity index (χ0) is 41.2. The summed E-state index contributed by atoms with van der Waals surface area (Å²) in [7, 11) is 0. The average Bonchev–Trinajstić information content (AvgIpc) is 3.48. The Morgan fingerprint density at radius 1 is 0.700 bits per heavy atom. The first-order valence-corrected chi connectivity index (χ1v) is 21.0. The Hall–Kier alpha value is -6.44. The summed E-state index contributed by atoms with van der Waals surface area (Å²) in [5.74, 6) is 0.311. The van der Waals surface area contributed by atoms with Crippen LogP contribution in [0.25, 0.3) is 28.3 Å². The van der Waals surface area contributed by atoms with Crippen LogP contribution in [0, 0.1) is 13.8 Å². The van der Waals surface area contributed by atoms with Crippen molar-refractivity contribution >= 4 is 17.2 Å². The molecular formula is C59H61N. The number of benzene rings is 6. The molecule has 1 nitrogen and oxygen atoms in total. The third kappa shape index (κ3) is 9.70. The Morgan fingerprint density at radius 3 is 2.10 bits per heavy atom. The molecule has 1 atom stereocenters. The van der Waals surface area contributed by atoms with Crippen LogP contribution in [0.5, 0.6) is 0 Å². The quantitative estimate of drug-likeness (QED) is 0.152. The number of aryl methyl sites for hydroxylation is 1. The van der Waals surface area contributed by atoms with Gasteiger partial charge in [0, 0.05) is 17.9 Å². The topological polar surface area (TPSA) is 12.0 Å². The van der Waals surface area contributed by atoms with E-state index in [4.69, 9.17) is 0 Å². The molecule has 0 radical (unpaired) electrons. The third-order valence-corrected chi connectivity index (χ3v) is 12.0. The summed E-state index contributed by atoms with van der Waals surface area (Å²) in [4.78, 5) is 0. The highest BCUT2D eigenvalue weighted by Crippen LogP contribution is 2.51. The normalized spacial score (nSPS) is 16.9. The van der Waals surface area contributed by atoms with Crippen LogP contribution in [-0.4, -0.2) is 6.54 Å². The highest BCUT2D eigenvalue weighted by atomic mass is 14.8. The van der Waals surface area contributed by atoms with E-state index in [2.05, 4.69) is 235 Å². The van der Waals surface area contributed by atoms with Gasteiger partial charge in [0.15, 0.2) is 0 Å². The van der Waals surface area contributed by atoms with Gasteiger partial charge in [-0.3, -0.25) is 0 Å². The van der Waals surface area contributed by atoms with E-state index in [9.17, 15) is 0 Å². The number of hydrogen-bond acceptors (Lipinski definition) is 1. The number of fused-ring (bicyclic) bond motifs is 4. The summed E-state index contributed by atoms with van der Waals surface area (Å²) in [5, 5.41) is 3.56. The van der Waals surface area contributed by atoms with Crippen molar-refractivity contribution in [2.45, 2.75) is 66.2 Å². The maximum atomic E-state index is 4.18. The first-order valence-electron chi connectivity index (χ1n) is 21.0. The molecular weight excluding hydrogens is 723 g/mol. The van der Waals surface area contributed by atoms with Gasteiger partial charge in [-0.25, -0.2) is 0 Å². The molecule has 0 amide bonds. The Labute approximate surface area is 361 Å². The molecule has 0 spiro atoms. The fourth-order valence-electron chi connectivity index (χ4n) is 8.85. The van der Waals surface area contributed by atoms with Gasteiger partial charge in [-0.1, -0.05) is 215 Å². The van der Waals surface area contributed by atoms with Crippen LogP contribution in [0.2, 0.25) is 0 Å². The second-order valence-corrected chi connectivity index (χ2v) is 16.3. The molecule has 60 heavy (non-hydrogen) atoms. The molecule has 2 aliphatic rings. The Balaban J connectivity index is 0.000000224. The lowest BCUT2D eigenvalue weighted by atomic mass is 9.77. The van der Waals surface area contributed by atoms with Crippen LogP contribution in [0.1, 0.15) is 96.2 Å². The Kier molecular flexibility index (Phi) is 14.4. The summed E-state index contributed by atoms with van der Waals surface area (Å²) in [6, 6.07) is 52.4. The molecule has 0 saturated carbocycles.